The molecule has 1 fully saturated rings. The summed E-state index contributed by atoms with van der Waals surface area (Å²) in [7, 11) is 0. The highest BCUT2D eigenvalue weighted by molar-refractivity contribution is 6.33. The quantitative estimate of drug-likeness (QED) is 0.509. The fraction of sp³-hybridized carbons (Fsp3) is 0.190. The molecule has 0 bridgehead atoms. The summed E-state index contributed by atoms with van der Waals surface area (Å²) in [6.07, 6.45) is 4.37. The van der Waals surface area contributed by atoms with E-state index in [1.165, 1.54) is 33.5 Å². The number of benzene rings is 1. The molecule has 5 rings (SSSR count). The van der Waals surface area contributed by atoms with Crippen LogP contribution in [0.5, 0.6) is 0 Å². The van der Waals surface area contributed by atoms with Crippen molar-refractivity contribution in [2.45, 2.75) is 18.9 Å². The highest BCUT2D eigenvalue weighted by atomic mass is 35.5. The van der Waals surface area contributed by atoms with Gasteiger partial charge in [0.15, 0.2) is 11.6 Å². The molecular formula is C21H16ClFN8O. The van der Waals surface area contributed by atoms with Crippen LogP contribution in [-0.4, -0.2) is 30.7 Å². The van der Waals surface area contributed by atoms with E-state index >= 15 is 0 Å². The molecule has 1 aliphatic heterocycles. The second kappa shape index (κ2) is 7.62. The van der Waals surface area contributed by atoms with Crippen LogP contribution in [0, 0.1) is 17.1 Å². The molecule has 0 radical (unpaired) electrons. The lowest BCUT2D eigenvalue weighted by Gasteiger charge is -2.27. The van der Waals surface area contributed by atoms with E-state index in [0.717, 1.165) is 6.42 Å². The number of fused-ring (bicyclic) bond motifs is 1. The number of nitrogen functional groups attached to an aromatic ring is 1. The lowest BCUT2D eigenvalue weighted by atomic mass is 10.1. The minimum absolute atomic E-state index is 0.0350. The van der Waals surface area contributed by atoms with Crippen molar-refractivity contribution in [1.82, 2.24) is 24.1 Å². The first-order chi connectivity index (χ1) is 15.5. The Kier molecular flexibility index (Phi) is 4.75. The van der Waals surface area contributed by atoms with Crippen molar-refractivity contribution in [3.05, 3.63) is 75.3 Å². The maximum Gasteiger partial charge on any atom is 0.284 e. The summed E-state index contributed by atoms with van der Waals surface area (Å²) in [5.74, 6) is 0.292. The molecule has 11 heteroatoms. The van der Waals surface area contributed by atoms with Gasteiger partial charge in [-0.2, -0.15) is 15.3 Å². The third-order valence-electron chi connectivity index (χ3n) is 5.46. The second-order valence-electron chi connectivity index (χ2n) is 7.36. The number of rotatable bonds is 3. The molecule has 1 aromatic carbocycles. The van der Waals surface area contributed by atoms with E-state index in [1.807, 2.05) is 4.90 Å². The first-order valence-electron chi connectivity index (χ1n) is 9.83. The molecule has 1 unspecified atom stereocenters. The number of halogens is 2. The summed E-state index contributed by atoms with van der Waals surface area (Å²) < 4.78 is 16.9. The molecule has 0 spiro atoms. The summed E-state index contributed by atoms with van der Waals surface area (Å²) >= 11 is 6.24. The van der Waals surface area contributed by atoms with E-state index in [9.17, 15) is 14.4 Å². The van der Waals surface area contributed by atoms with Crippen molar-refractivity contribution >= 4 is 28.9 Å². The standard InChI is InChI=1S/C21H16ClFN8O/c22-15-6-8-30-17(15)20(32)31(14-4-1-3-13(23)9-14)19(28-30)16-5-2-7-29(16)18-12(10-24)11-26-21(25)27-18/h1,3-4,6,8-9,11,16H,2,5,7H2,(H2,25,26,27). The molecule has 0 saturated carbocycles. The Labute approximate surface area is 186 Å². The van der Waals surface area contributed by atoms with Crippen LogP contribution < -0.4 is 16.2 Å². The summed E-state index contributed by atoms with van der Waals surface area (Å²) in [5.41, 5.74) is 6.13. The minimum Gasteiger partial charge on any atom is -0.368 e. The van der Waals surface area contributed by atoms with Crippen LogP contribution >= 0.6 is 11.6 Å². The van der Waals surface area contributed by atoms with Crippen molar-refractivity contribution in [3.8, 4) is 11.8 Å². The molecule has 2 N–H and O–H groups in total. The fourth-order valence-electron chi connectivity index (χ4n) is 4.10. The maximum atomic E-state index is 14.1. The highest BCUT2D eigenvalue weighted by Crippen LogP contribution is 2.36. The van der Waals surface area contributed by atoms with E-state index in [4.69, 9.17) is 17.3 Å². The smallest absolute Gasteiger partial charge is 0.284 e. The van der Waals surface area contributed by atoms with Gasteiger partial charge >= 0.3 is 0 Å². The van der Waals surface area contributed by atoms with Crippen LogP contribution in [0.3, 0.4) is 0 Å². The van der Waals surface area contributed by atoms with Gasteiger partial charge in [-0.3, -0.25) is 9.36 Å². The Morgan fingerprint density at radius 2 is 2.16 bits per heavy atom. The SMILES string of the molecule is N#Cc1cnc(N)nc1N1CCCC1c1nn2ccc(Cl)c2c(=O)n1-c1cccc(F)c1. The zero-order valence-electron chi connectivity index (χ0n) is 16.6. The number of anilines is 2. The molecule has 3 aromatic heterocycles. The van der Waals surface area contributed by atoms with Gasteiger partial charge in [0.1, 0.15) is 23.0 Å². The van der Waals surface area contributed by atoms with Gasteiger partial charge in [0, 0.05) is 12.7 Å². The van der Waals surface area contributed by atoms with Gasteiger partial charge in [0.2, 0.25) is 5.95 Å². The first-order valence-corrected chi connectivity index (χ1v) is 10.2. The van der Waals surface area contributed by atoms with Crippen LogP contribution in [0.2, 0.25) is 5.02 Å². The van der Waals surface area contributed by atoms with Gasteiger partial charge in [-0.1, -0.05) is 17.7 Å². The molecule has 9 nitrogen and oxygen atoms in total. The van der Waals surface area contributed by atoms with Crippen LogP contribution in [0.4, 0.5) is 16.2 Å². The van der Waals surface area contributed by atoms with Gasteiger partial charge in [-0.05, 0) is 37.1 Å². The Balaban J connectivity index is 1.77. The topological polar surface area (TPSA) is 118 Å². The van der Waals surface area contributed by atoms with Crippen molar-refractivity contribution in [2.75, 3.05) is 17.2 Å². The zero-order valence-corrected chi connectivity index (χ0v) is 17.4. The van der Waals surface area contributed by atoms with Crippen molar-refractivity contribution in [1.29, 1.82) is 5.26 Å². The lowest BCUT2D eigenvalue weighted by Crippen LogP contribution is -2.33. The van der Waals surface area contributed by atoms with Crippen LogP contribution in [0.15, 0.2) is 47.5 Å². The van der Waals surface area contributed by atoms with Gasteiger partial charge in [-0.15, -0.1) is 0 Å². The monoisotopic (exact) mass is 450 g/mol. The Morgan fingerprint density at radius 3 is 2.94 bits per heavy atom. The molecule has 0 aliphatic carbocycles. The molecule has 160 valence electrons. The van der Waals surface area contributed by atoms with E-state index in [0.29, 0.717) is 30.3 Å². The minimum atomic E-state index is -0.486. The van der Waals surface area contributed by atoms with Crippen LogP contribution in [0.25, 0.3) is 11.2 Å². The predicted molar refractivity (Wildman–Crippen MR) is 116 cm³/mol. The maximum absolute atomic E-state index is 14.1. The molecule has 1 atom stereocenters. The van der Waals surface area contributed by atoms with Crippen molar-refractivity contribution < 1.29 is 4.39 Å². The average molecular weight is 451 g/mol. The van der Waals surface area contributed by atoms with Gasteiger partial charge in [0.25, 0.3) is 5.56 Å². The van der Waals surface area contributed by atoms with Crippen molar-refractivity contribution in [2.24, 2.45) is 0 Å². The lowest BCUT2D eigenvalue weighted by molar-refractivity contribution is 0.595. The molecular weight excluding hydrogens is 435 g/mol. The molecule has 4 heterocycles. The summed E-state index contributed by atoms with van der Waals surface area (Å²) in [5, 5.41) is 14.5. The number of nitrogens with two attached hydrogens (primary N) is 1. The summed E-state index contributed by atoms with van der Waals surface area (Å²) in [4.78, 5) is 23.6. The van der Waals surface area contributed by atoms with E-state index in [1.54, 1.807) is 18.3 Å². The van der Waals surface area contributed by atoms with Crippen LogP contribution in [0.1, 0.15) is 30.3 Å². The van der Waals surface area contributed by atoms with Gasteiger partial charge in [0.05, 0.1) is 22.9 Å². The Morgan fingerprint density at radius 1 is 1.31 bits per heavy atom. The Hall–Kier alpha value is -3.97. The van der Waals surface area contributed by atoms with Gasteiger partial charge < -0.3 is 10.6 Å². The number of nitriles is 1. The molecule has 0 amide bonds. The van der Waals surface area contributed by atoms with E-state index < -0.39 is 17.4 Å². The summed E-state index contributed by atoms with van der Waals surface area (Å²) in [6, 6.07) is 8.97. The predicted octanol–water partition coefficient (Wildman–Crippen LogP) is 2.86. The zero-order chi connectivity index (χ0) is 22.4. The third-order valence-corrected chi connectivity index (χ3v) is 5.76. The number of aromatic nitrogens is 5. The highest BCUT2D eigenvalue weighted by Gasteiger charge is 2.34. The van der Waals surface area contributed by atoms with Crippen molar-refractivity contribution in [3.63, 3.8) is 0 Å². The molecule has 32 heavy (non-hydrogen) atoms. The number of nitrogens with zero attached hydrogens (tertiary/aromatic N) is 7. The third kappa shape index (κ3) is 3.14. The largest absolute Gasteiger partial charge is 0.368 e. The fourth-order valence-corrected chi connectivity index (χ4v) is 4.32. The normalized spacial score (nSPS) is 15.9. The molecule has 1 aliphatic rings. The van der Waals surface area contributed by atoms with E-state index in [2.05, 4.69) is 21.1 Å². The second-order valence-corrected chi connectivity index (χ2v) is 7.77. The average Bonchev–Trinajstić information content (AvgIpc) is 3.40. The molecule has 1 saturated heterocycles. The van der Waals surface area contributed by atoms with Gasteiger partial charge in [-0.25, -0.2) is 13.9 Å². The van der Waals surface area contributed by atoms with Crippen LogP contribution in [-0.2, 0) is 0 Å². The number of hydrogen-bond acceptors (Lipinski definition) is 7. The Bertz CT molecular complexity index is 1460. The number of hydrogen-bond donors (Lipinski definition) is 1. The van der Waals surface area contributed by atoms with E-state index in [-0.39, 0.29) is 22.1 Å². The molecule has 4 aromatic rings. The first kappa shape index (κ1) is 20.0. The summed E-state index contributed by atoms with van der Waals surface area (Å²) in [6.45, 7) is 0.569.